The fourth-order valence-electron chi connectivity index (χ4n) is 2.43. The van der Waals surface area contributed by atoms with E-state index < -0.39 is 23.2 Å². The summed E-state index contributed by atoms with van der Waals surface area (Å²) >= 11 is 0. The number of methoxy groups -OCH3 is 1. The van der Waals surface area contributed by atoms with Gasteiger partial charge < -0.3 is 15.0 Å². The maximum atomic E-state index is 14.0. The fourth-order valence-corrected chi connectivity index (χ4v) is 2.43. The van der Waals surface area contributed by atoms with Crippen LogP contribution in [0.4, 0.5) is 14.5 Å². The first-order valence-electron chi connectivity index (χ1n) is 6.54. The van der Waals surface area contributed by atoms with Crippen LogP contribution >= 0.6 is 0 Å². The Morgan fingerprint density at radius 2 is 2.15 bits per heavy atom. The van der Waals surface area contributed by atoms with Crippen LogP contribution in [0.3, 0.4) is 0 Å². The average Bonchev–Trinajstić information content (AvgIpc) is 2.43. The van der Waals surface area contributed by atoms with Gasteiger partial charge in [0.2, 0.25) is 0 Å². The average molecular weight is 284 g/mol. The third kappa shape index (κ3) is 3.07. The zero-order chi connectivity index (χ0) is 14.7. The monoisotopic (exact) mass is 284 g/mol. The molecule has 1 saturated heterocycles. The Hall–Kier alpha value is -1.69. The van der Waals surface area contributed by atoms with Crippen LogP contribution in [-0.2, 0) is 4.74 Å². The van der Waals surface area contributed by atoms with Crippen LogP contribution in [0.15, 0.2) is 12.1 Å². The Morgan fingerprint density at radius 3 is 2.80 bits per heavy atom. The molecule has 0 aliphatic carbocycles. The highest BCUT2D eigenvalue weighted by atomic mass is 19.2. The summed E-state index contributed by atoms with van der Waals surface area (Å²) in [5.41, 5.74) is -0.313. The first-order chi connectivity index (χ1) is 9.52. The van der Waals surface area contributed by atoms with Crippen molar-refractivity contribution in [3.63, 3.8) is 0 Å². The molecular weight excluding hydrogens is 266 g/mol. The van der Waals surface area contributed by atoms with Crippen molar-refractivity contribution >= 4 is 11.7 Å². The number of hydrogen-bond acceptors (Lipinski definition) is 4. The van der Waals surface area contributed by atoms with E-state index in [0.29, 0.717) is 0 Å². The number of piperidine rings is 1. The molecule has 0 amide bonds. The molecule has 1 unspecified atom stereocenters. The van der Waals surface area contributed by atoms with E-state index in [1.54, 1.807) is 0 Å². The molecule has 0 aromatic heterocycles. The Labute approximate surface area is 116 Å². The lowest BCUT2D eigenvalue weighted by Gasteiger charge is -2.31. The zero-order valence-electron chi connectivity index (χ0n) is 11.6. The van der Waals surface area contributed by atoms with Crippen molar-refractivity contribution in [1.29, 1.82) is 0 Å². The number of nitrogens with zero attached hydrogens (tertiary/aromatic N) is 1. The minimum absolute atomic E-state index is 0.0756. The first-order valence-corrected chi connectivity index (χ1v) is 6.54. The number of carbonyl (C=O) groups excluding carboxylic acids is 1. The molecule has 4 nitrogen and oxygen atoms in total. The van der Waals surface area contributed by atoms with E-state index in [-0.39, 0.29) is 11.7 Å². The van der Waals surface area contributed by atoms with Crippen LogP contribution in [0.1, 0.15) is 23.2 Å². The van der Waals surface area contributed by atoms with Crippen LogP contribution in [-0.4, -0.2) is 44.2 Å². The molecule has 1 aliphatic rings. The van der Waals surface area contributed by atoms with Gasteiger partial charge in [0.15, 0.2) is 11.6 Å². The van der Waals surface area contributed by atoms with Gasteiger partial charge in [-0.2, -0.15) is 0 Å². The molecule has 1 atom stereocenters. The van der Waals surface area contributed by atoms with E-state index in [1.807, 2.05) is 7.05 Å². The predicted molar refractivity (Wildman–Crippen MR) is 71.8 cm³/mol. The SMILES string of the molecule is COC(=O)c1ccc(NC2CCCN(C)C2)c(F)c1F. The Kier molecular flexibility index (Phi) is 4.54. The van der Waals surface area contributed by atoms with Crippen molar-refractivity contribution in [2.75, 3.05) is 32.6 Å². The molecule has 1 heterocycles. The number of halogens is 2. The minimum atomic E-state index is -1.17. The lowest BCUT2D eigenvalue weighted by Crippen LogP contribution is -2.39. The summed E-state index contributed by atoms with van der Waals surface area (Å²) in [5, 5.41) is 3.00. The minimum Gasteiger partial charge on any atom is -0.465 e. The highest BCUT2D eigenvalue weighted by molar-refractivity contribution is 5.90. The van der Waals surface area contributed by atoms with Gasteiger partial charge in [-0.15, -0.1) is 0 Å². The molecule has 20 heavy (non-hydrogen) atoms. The predicted octanol–water partition coefficient (Wildman–Crippen LogP) is 2.26. The molecule has 0 bridgehead atoms. The van der Waals surface area contributed by atoms with E-state index >= 15 is 0 Å². The summed E-state index contributed by atoms with van der Waals surface area (Å²) < 4.78 is 32.2. The lowest BCUT2D eigenvalue weighted by molar-refractivity contribution is 0.0594. The highest BCUT2D eigenvalue weighted by Gasteiger charge is 2.22. The van der Waals surface area contributed by atoms with E-state index in [0.717, 1.165) is 33.0 Å². The van der Waals surface area contributed by atoms with Gasteiger partial charge in [-0.05, 0) is 38.6 Å². The zero-order valence-corrected chi connectivity index (χ0v) is 11.6. The quantitative estimate of drug-likeness (QED) is 0.865. The molecule has 1 fully saturated rings. The van der Waals surface area contributed by atoms with Gasteiger partial charge in [0.1, 0.15) is 0 Å². The normalized spacial score (nSPS) is 19.7. The molecule has 0 saturated carbocycles. The summed E-state index contributed by atoms with van der Waals surface area (Å²) in [6.45, 7) is 1.79. The fraction of sp³-hybridized carbons (Fsp3) is 0.500. The second-order valence-electron chi connectivity index (χ2n) is 5.03. The molecule has 0 spiro atoms. The number of rotatable bonds is 3. The third-order valence-corrected chi connectivity index (χ3v) is 3.47. The molecule has 1 aromatic rings. The molecule has 1 N–H and O–H groups in total. The van der Waals surface area contributed by atoms with Gasteiger partial charge in [-0.1, -0.05) is 0 Å². The number of hydrogen-bond donors (Lipinski definition) is 1. The Balaban J connectivity index is 2.17. The van der Waals surface area contributed by atoms with Gasteiger partial charge in [-0.3, -0.25) is 0 Å². The molecule has 1 aliphatic heterocycles. The molecule has 1 aromatic carbocycles. The standard InChI is InChI=1S/C14H18F2N2O2/c1-18-7-3-4-9(8-18)17-11-6-5-10(14(19)20-2)12(15)13(11)16/h5-6,9,17H,3-4,7-8H2,1-2H3. The van der Waals surface area contributed by atoms with E-state index in [2.05, 4.69) is 15.0 Å². The number of carbonyl (C=O) groups is 1. The summed E-state index contributed by atoms with van der Waals surface area (Å²) in [5.74, 6) is -3.10. The van der Waals surface area contributed by atoms with Crippen molar-refractivity contribution < 1.29 is 18.3 Å². The largest absolute Gasteiger partial charge is 0.465 e. The Morgan fingerprint density at radius 1 is 1.40 bits per heavy atom. The van der Waals surface area contributed by atoms with Crippen molar-refractivity contribution in [2.45, 2.75) is 18.9 Å². The number of likely N-dealkylation sites (N-methyl/N-ethyl adjacent to an activating group) is 1. The van der Waals surface area contributed by atoms with Crippen LogP contribution in [0.5, 0.6) is 0 Å². The second kappa shape index (κ2) is 6.17. The van der Waals surface area contributed by atoms with Gasteiger partial charge in [0.25, 0.3) is 0 Å². The third-order valence-electron chi connectivity index (χ3n) is 3.47. The van der Waals surface area contributed by atoms with Crippen LogP contribution < -0.4 is 5.32 Å². The highest BCUT2D eigenvalue weighted by Crippen LogP contribution is 2.23. The van der Waals surface area contributed by atoms with E-state index in [9.17, 15) is 13.6 Å². The van der Waals surface area contributed by atoms with Gasteiger partial charge in [0.05, 0.1) is 18.4 Å². The number of ether oxygens (including phenoxy) is 1. The summed E-state index contributed by atoms with van der Waals surface area (Å²) in [6, 6.07) is 2.69. The summed E-state index contributed by atoms with van der Waals surface area (Å²) in [4.78, 5) is 13.4. The van der Waals surface area contributed by atoms with E-state index in [1.165, 1.54) is 12.1 Å². The van der Waals surface area contributed by atoms with Crippen molar-refractivity contribution in [2.24, 2.45) is 0 Å². The van der Waals surface area contributed by atoms with Crippen LogP contribution in [0.25, 0.3) is 0 Å². The van der Waals surface area contributed by atoms with Crippen molar-refractivity contribution in [1.82, 2.24) is 4.90 Å². The first kappa shape index (κ1) is 14.7. The summed E-state index contributed by atoms with van der Waals surface area (Å²) in [6.07, 6.45) is 1.92. The Bertz CT molecular complexity index is 508. The van der Waals surface area contributed by atoms with Gasteiger partial charge in [-0.25, -0.2) is 13.6 Å². The van der Waals surface area contributed by atoms with Crippen LogP contribution in [0.2, 0.25) is 0 Å². The topological polar surface area (TPSA) is 41.6 Å². The molecular formula is C14H18F2N2O2. The smallest absolute Gasteiger partial charge is 0.340 e. The number of anilines is 1. The molecule has 110 valence electrons. The number of likely N-dealkylation sites (tertiary alicyclic amines) is 1. The summed E-state index contributed by atoms with van der Waals surface area (Å²) in [7, 11) is 3.12. The maximum absolute atomic E-state index is 14.0. The van der Waals surface area contributed by atoms with Crippen molar-refractivity contribution in [3.05, 3.63) is 29.3 Å². The number of esters is 1. The van der Waals surface area contributed by atoms with Gasteiger partial charge >= 0.3 is 5.97 Å². The second-order valence-corrected chi connectivity index (χ2v) is 5.03. The van der Waals surface area contributed by atoms with E-state index in [4.69, 9.17) is 0 Å². The number of benzene rings is 1. The molecule has 6 heteroatoms. The lowest BCUT2D eigenvalue weighted by atomic mass is 10.1. The van der Waals surface area contributed by atoms with Crippen molar-refractivity contribution in [3.8, 4) is 0 Å². The maximum Gasteiger partial charge on any atom is 0.340 e. The molecule has 2 rings (SSSR count). The number of nitrogens with one attached hydrogen (secondary N) is 1. The van der Waals surface area contributed by atoms with Gasteiger partial charge in [0, 0.05) is 12.6 Å². The molecule has 0 radical (unpaired) electrons. The van der Waals surface area contributed by atoms with Crippen LogP contribution in [0, 0.1) is 11.6 Å².